The molecule has 1 unspecified atom stereocenters. The molecule has 7 heteroatoms. The molecule has 1 aliphatic rings. The van der Waals surface area contributed by atoms with Gasteiger partial charge in [0.25, 0.3) is 0 Å². The summed E-state index contributed by atoms with van der Waals surface area (Å²) < 4.78 is 25.2. The predicted molar refractivity (Wildman–Crippen MR) is 78.0 cm³/mol. The molecule has 0 spiro atoms. The number of hydrogen-bond acceptors (Lipinski definition) is 4. The Morgan fingerprint density at radius 1 is 1.38 bits per heavy atom. The second kappa shape index (κ2) is 5.14. The second-order valence-corrected chi connectivity index (χ2v) is 7.58. The largest absolute Gasteiger partial charge is 0.481 e. The van der Waals surface area contributed by atoms with Gasteiger partial charge in [-0.2, -0.15) is 0 Å². The van der Waals surface area contributed by atoms with E-state index in [4.69, 9.17) is 5.11 Å². The van der Waals surface area contributed by atoms with Crippen LogP contribution in [-0.2, 0) is 21.2 Å². The first-order chi connectivity index (χ1) is 9.96. The van der Waals surface area contributed by atoms with Gasteiger partial charge in [0.1, 0.15) is 5.82 Å². The van der Waals surface area contributed by atoms with Crippen LogP contribution >= 0.6 is 0 Å². The molecule has 0 aliphatic carbocycles. The fourth-order valence-electron chi connectivity index (χ4n) is 2.85. The topological polar surface area (TPSA) is 89.3 Å². The highest BCUT2D eigenvalue weighted by Gasteiger charge is 2.32. The molecule has 1 fully saturated rings. The lowest BCUT2D eigenvalue weighted by Crippen LogP contribution is -2.13. The molecule has 0 saturated carbocycles. The summed E-state index contributed by atoms with van der Waals surface area (Å²) in [4.78, 5) is 15.4. The normalized spacial score (nSPS) is 20.9. The van der Waals surface area contributed by atoms with Gasteiger partial charge in [0, 0.05) is 12.5 Å². The minimum Gasteiger partial charge on any atom is -0.481 e. The maximum absolute atomic E-state index is 11.7. The van der Waals surface area contributed by atoms with E-state index < -0.39 is 15.8 Å². The highest BCUT2D eigenvalue weighted by atomic mass is 32.2. The third kappa shape index (κ3) is 2.78. The number of aryl methyl sites for hydroxylation is 1. The van der Waals surface area contributed by atoms with Crippen LogP contribution in [0.1, 0.15) is 24.6 Å². The number of carbonyl (C=O) groups is 1. The van der Waals surface area contributed by atoms with Crippen molar-refractivity contribution in [1.29, 1.82) is 0 Å². The highest BCUT2D eigenvalue weighted by Crippen LogP contribution is 2.31. The van der Waals surface area contributed by atoms with Gasteiger partial charge in [0.15, 0.2) is 9.84 Å². The maximum Gasteiger partial charge on any atom is 0.305 e. The number of benzene rings is 1. The Morgan fingerprint density at radius 3 is 2.81 bits per heavy atom. The van der Waals surface area contributed by atoms with Crippen molar-refractivity contribution in [3.05, 3.63) is 30.1 Å². The molecule has 2 aromatic rings. The molecule has 1 N–H and O–H groups in total. The standard InChI is InChI=1S/C14H16N2O4S/c17-13(18)5-7-16-12-4-2-1-3-11(12)15-14(16)10-6-8-21(19,20)9-10/h1-4,10H,5-9H2,(H,17,18). The zero-order valence-electron chi connectivity index (χ0n) is 11.4. The number of sulfone groups is 1. The lowest BCUT2D eigenvalue weighted by molar-refractivity contribution is -0.137. The van der Waals surface area contributed by atoms with E-state index in [0.29, 0.717) is 18.8 Å². The molecule has 1 aromatic carbocycles. The van der Waals surface area contributed by atoms with Crippen LogP contribution in [0.4, 0.5) is 0 Å². The molecule has 1 saturated heterocycles. The molecule has 1 aliphatic heterocycles. The van der Waals surface area contributed by atoms with Gasteiger partial charge in [-0.25, -0.2) is 13.4 Å². The number of nitrogens with zero attached hydrogens (tertiary/aromatic N) is 2. The van der Waals surface area contributed by atoms with Crippen LogP contribution in [0.3, 0.4) is 0 Å². The fourth-order valence-corrected chi connectivity index (χ4v) is 4.59. The number of rotatable bonds is 4. The summed E-state index contributed by atoms with van der Waals surface area (Å²) in [6.45, 7) is 0.307. The number of hydrogen-bond donors (Lipinski definition) is 1. The fraction of sp³-hybridized carbons (Fsp3) is 0.429. The van der Waals surface area contributed by atoms with Gasteiger partial charge in [-0.05, 0) is 18.6 Å². The smallest absolute Gasteiger partial charge is 0.305 e. The summed E-state index contributed by atoms with van der Waals surface area (Å²) in [5, 5.41) is 8.89. The minimum atomic E-state index is -3.00. The van der Waals surface area contributed by atoms with Crippen molar-refractivity contribution in [3.8, 4) is 0 Å². The van der Waals surface area contributed by atoms with Crippen LogP contribution < -0.4 is 0 Å². The Balaban J connectivity index is 2.04. The zero-order valence-corrected chi connectivity index (χ0v) is 12.2. The zero-order chi connectivity index (χ0) is 15.0. The summed E-state index contributed by atoms with van der Waals surface area (Å²) in [5.41, 5.74) is 1.64. The lowest BCUT2D eigenvalue weighted by Gasteiger charge is -2.11. The van der Waals surface area contributed by atoms with Crippen molar-refractivity contribution in [2.24, 2.45) is 0 Å². The summed E-state index contributed by atoms with van der Waals surface area (Å²) >= 11 is 0. The maximum atomic E-state index is 11.7. The van der Waals surface area contributed by atoms with Gasteiger partial charge < -0.3 is 9.67 Å². The first kappa shape index (κ1) is 14.1. The van der Waals surface area contributed by atoms with Crippen molar-refractivity contribution in [1.82, 2.24) is 9.55 Å². The average Bonchev–Trinajstić information content (AvgIpc) is 2.96. The van der Waals surface area contributed by atoms with Crippen molar-refractivity contribution < 1.29 is 18.3 Å². The van der Waals surface area contributed by atoms with Crippen LogP contribution in [0.15, 0.2) is 24.3 Å². The van der Waals surface area contributed by atoms with E-state index in [2.05, 4.69) is 4.98 Å². The van der Waals surface area contributed by atoms with Gasteiger partial charge in [0.2, 0.25) is 0 Å². The Bertz CT molecular complexity index is 794. The molecule has 0 bridgehead atoms. The number of para-hydroxylation sites is 2. The predicted octanol–water partition coefficient (Wildman–Crippen LogP) is 1.41. The Morgan fingerprint density at radius 2 is 2.14 bits per heavy atom. The van der Waals surface area contributed by atoms with Gasteiger partial charge in [-0.3, -0.25) is 4.79 Å². The first-order valence-corrected chi connectivity index (χ1v) is 8.66. The van der Waals surface area contributed by atoms with Crippen LogP contribution in [0.25, 0.3) is 11.0 Å². The van der Waals surface area contributed by atoms with E-state index in [0.717, 1.165) is 11.0 Å². The van der Waals surface area contributed by atoms with Crippen molar-refractivity contribution >= 4 is 26.8 Å². The molecule has 0 radical (unpaired) electrons. The second-order valence-electron chi connectivity index (χ2n) is 5.35. The molecule has 0 amide bonds. The van der Waals surface area contributed by atoms with E-state index in [1.807, 2.05) is 28.8 Å². The highest BCUT2D eigenvalue weighted by molar-refractivity contribution is 7.91. The van der Waals surface area contributed by atoms with Gasteiger partial charge in [0.05, 0.1) is 29.0 Å². The van der Waals surface area contributed by atoms with Crippen molar-refractivity contribution in [2.75, 3.05) is 11.5 Å². The summed E-state index contributed by atoms with van der Waals surface area (Å²) in [6.07, 6.45) is 0.547. The quantitative estimate of drug-likeness (QED) is 0.922. The SMILES string of the molecule is O=C(O)CCn1c(C2CCS(=O)(=O)C2)nc2ccccc21. The number of aromatic nitrogens is 2. The number of fused-ring (bicyclic) bond motifs is 1. The number of aliphatic carboxylic acids is 1. The molecule has 21 heavy (non-hydrogen) atoms. The first-order valence-electron chi connectivity index (χ1n) is 6.84. The van der Waals surface area contributed by atoms with Gasteiger partial charge in [-0.1, -0.05) is 12.1 Å². The molecule has 2 heterocycles. The lowest BCUT2D eigenvalue weighted by atomic mass is 10.1. The molecule has 1 atom stereocenters. The van der Waals surface area contributed by atoms with Gasteiger partial charge in [-0.15, -0.1) is 0 Å². The number of carboxylic acids is 1. The summed E-state index contributed by atoms with van der Waals surface area (Å²) in [6, 6.07) is 7.49. The van der Waals surface area contributed by atoms with Gasteiger partial charge >= 0.3 is 5.97 Å². The van der Waals surface area contributed by atoms with Crippen LogP contribution in [0, 0.1) is 0 Å². The third-order valence-corrected chi connectivity index (χ3v) is 5.60. The van der Waals surface area contributed by atoms with E-state index in [1.54, 1.807) is 0 Å². The van der Waals surface area contributed by atoms with E-state index in [9.17, 15) is 13.2 Å². The average molecular weight is 308 g/mol. The Kier molecular flexibility index (Phi) is 3.44. The number of carboxylic acid groups (broad SMARTS) is 1. The molecule has 112 valence electrons. The van der Waals surface area contributed by atoms with E-state index in [1.165, 1.54) is 0 Å². The summed E-state index contributed by atoms with van der Waals surface area (Å²) in [5.74, 6) is -0.0454. The Labute approximate surface area is 122 Å². The Hall–Kier alpha value is -1.89. The summed E-state index contributed by atoms with van der Waals surface area (Å²) in [7, 11) is -3.00. The number of imidazole rings is 1. The van der Waals surface area contributed by atoms with Crippen molar-refractivity contribution in [2.45, 2.75) is 25.3 Å². The van der Waals surface area contributed by atoms with Crippen molar-refractivity contribution in [3.63, 3.8) is 0 Å². The molecule has 1 aromatic heterocycles. The molecule has 3 rings (SSSR count). The van der Waals surface area contributed by atoms with Crippen LogP contribution in [0.5, 0.6) is 0 Å². The minimum absolute atomic E-state index is 0.00712. The molecular weight excluding hydrogens is 292 g/mol. The monoisotopic (exact) mass is 308 g/mol. The molecule has 6 nitrogen and oxygen atoms in total. The van der Waals surface area contributed by atoms with E-state index in [-0.39, 0.29) is 23.8 Å². The molecular formula is C14H16N2O4S. The van der Waals surface area contributed by atoms with Crippen LogP contribution in [-0.4, -0.2) is 40.6 Å². The van der Waals surface area contributed by atoms with E-state index >= 15 is 0 Å². The third-order valence-electron chi connectivity index (χ3n) is 3.83. The van der Waals surface area contributed by atoms with Crippen LogP contribution in [0.2, 0.25) is 0 Å².